The van der Waals surface area contributed by atoms with Gasteiger partial charge in [0.2, 0.25) is 0 Å². The summed E-state index contributed by atoms with van der Waals surface area (Å²) in [7, 11) is 0. The first kappa shape index (κ1) is 16.1. The Morgan fingerprint density at radius 1 is 1.40 bits per heavy atom. The molecule has 2 rings (SSSR count). The molecule has 3 N–H and O–H groups in total. The van der Waals surface area contributed by atoms with Crippen LogP contribution in [0, 0.1) is 0 Å². The Labute approximate surface area is 124 Å². The molecular weight excluding hydrogens is 278 g/mol. The molecule has 2 atom stereocenters. The standard InChI is InChI=1S/C14H25NO4S/c1-13(2,11(15)12(16)17)20-10-3-6-19-14(9-10)4-7-18-8-5-14/h10-11H,3-9,15H2,1-2H3,(H,16,17)/t10?,11-/m0/s1. The maximum absolute atomic E-state index is 11.1. The molecule has 0 bridgehead atoms. The molecule has 0 aliphatic carbocycles. The lowest BCUT2D eigenvalue weighted by molar-refractivity contribution is -0.139. The molecular formula is C14H25NO4S. The molecule has 6 heteroatoms. The van der Waals surface area contributed by atoms with Crippen LogP contribution < -0.4 is 5.73 Å². The lowest BCUT2D eigenvalue weighted by Crippen LogP contribution is -2.50. The average molecular weight is 303 g/mol. The van der Waals surface area contributed by atoms with Gasteiger partial charge in [-0.1, -0.05) is 0 Å². The van der Waals surface area contributed by atoms with Gasteiger partial charge in [0.25, 0.3) is 0 Å². The summed E-state index contributed by atoms with van der Waals surface area (Å²) >= 11 is 1.70. The third-order valence-electron chi connectivity index (χ3n) is 4.34. The highest BCUT2D eigenvalue weighted by Crippen LogP contribution is 2.43. The summed E-state index contributed by atoms with van der Waals surface area (Å²) in [6.45, 7) is 6.10. The maximum Gasteiger partial charge on any atom is 0.321 e. The third-order valence-corrected chi connectivity index (χ3v) is 5.93. The van der Waals surface area contributed by atoms with Crippen LogP contribution in [0.15, 0.2) is 0 Å². The van der Waals surface area contributed by atoms with Crippen LogP contribution in [-0.2, 0) is 14.3 Å². The van der Waals surface area contributed by atoms with Crippen molar-refractivity contribution < 1.29 is 19.4 Å². The predicted molar refractivity (Wildman–Crippen MR) is 79.0 cm³/mol. The smallest absolute Gasteiger partial charge is 0.321 e. The van der Waals surface area contributed by atoms with Crippen LogP contribution in [0.3, 0.4) is 0 Å². The van der Waals surface area contributed by atoms with Crippen molar-refractivity contribution in [2.45, 2.75) is 61.2 Å². The van der Waals surface area contributed by atoms with E-state index >= 15 is 0 Å². The van der Waals surface area contributed by atoms with E-state index in [4.69, 9.17) is 20.3 Å². The molecule has 20 heavy (non-hydrogen) atoms. The summed E-state index contributed by atoms with van der Waals surface area (Å²) in [5.41, 5.74) is 5.75. The Bertz CT molecular complexity index is 350. The molecule has 5 nitrogen and oxygen atoms in total. The van der Waals surface area contributed by atoms with Crippen molar-refractivity contribution in [1.29, 1.82) is 0 Å². The first-order valence-corrected chi connectivity index (χ1v) is 8.11. The number of carboxylic acid groups (broad SMARTS) is 1. The molecule has 116 valence electrons. The molecule has 0 amide bonds. The lowest BCUT2D eigenvalue weighted by Gasteiger charge is -2.45. The van der Waals surface area contributed by atoms with Crippen LogP contribution in [0.25, 0.3) is 0 Å². The number of hydrogen-bond donors (Lipinski definition) is 2. The van der Waals surface area contributed by atoms with Gasteiger partial charge in [-0.2, -0.15) is 0 Å². The van der Waals surface area contributed by atoms with Gasteiger partial charge in [0.05, 0.1) is 5.60 Å². The first-order valence-electron chi connectivity index (χ1n) is 7.23. The molecule has 2 heterocycles. The third kappa shape index (κ3) is 3.67. The van der Waals surface area contributed by atoms with Gasteiger partial charge in [-0.25, -0.2) is 0 Å². The van der Waals surface area contributed by atoms with E-state index in [1.165, 1.54) is 0 Å². The van der Waals surface area contributed by atoms with Crippen LogP contribution in [0.1, 0.15) is 39.5 Å². The minimum atomic E-state index is -0.935. The van der Waals surface area contributed by atoms with E-state index < -0.39 is 16.8 Å². The van der Waals surface area contributed by atoms with Gasteiger partial charge < -0.3 is 20.3 Å². The number of thioether (sulfide) groups is 1. The van der Waals surface area contributed by atoms with Crippen molar-refractivity contribution in [3.05, 3.63) is 0 Å². The Hall–Kier alpha value is -0.300. The molecule has 2 saturated heterocycles. The van der Waals surface area contributed by atoms with Crippen LogP contribution in [0.2, 0.25) is 0 Å². The van der Waals surface area contributed by atoms with E-state index in [0.29, 0.717) is 5.25 Å². The van der Waals surface area contributed by atoms with Crippen LogP contribution in [0.4, 0.5) is 0 Å². The Balaban J connectivity index is 1.97. The van der Waals surface area contributed by atoms with Crippen LogP contribution >= 0.6 is 11.8 Å². The molecule has 0 aromatic carbocycles. The summed E-state index contributed by atoms with van der Waals surface area (Å²) in [6.07, 6.45) is 3.81. The summed E-state index contributed by atoms with van der Waals surface area (Å²) in [4.78, 5) is 11.1. The zero-order valence-corrected chi connectivity index (χ0v) is 13.1. The van der Waals surface area contributed by atoms with Gasteiger partial charge in [0, 0.05) is 29.8 Å². The second-order valence-electron chi connectivity index (χ2n) is 6.30. The van der Waals surface area contributed by atoms with E-state index in [0.717, 1.165) is 45.5 Å². The van der Waals surface area contributed by atoms with Crippen molar-refractivity contribution in [1.82, 2.24) is 0 Å². The summed E-state index contributed by atoms with van der Waals surface area (Å²) < 4.78 is 11.0. The molecule has 2 aliphatic rings. The van der Waals surface area contributed by atoms with Crippen molar-refractivity contribution in [2.24, 2.45) is 5.73 Å². The number of hydrogen-bond acceptors (Lipinski definition) is 5. The zero-order chi connectivity index (χ0) is 14.8. The first-order chi connectivity index (χ1) is 9.35. The number of carbonyl (C=O) groups is 1. The Morgan fingerprint density at radius 3 is 2.65 bits per heavy atom. The molecule has 0 aromatic rings. The highest BCUT2D eigenvalue weighted by Gasteiger charge is 2.42. The van der Waals surface area contributed by atoms with E-state index in [9.17, 15) is 4.79 Å². The molecule has 0 aromatic heterocycles. The minimum absolute atomic E-state index is 0.0580. The number of ether oxygens (including phenoxy) is 2. The largest absolute Gasteiger partial charge is 0.480 e. The fraction of sp³-hybridized carbons (Fsp3) is 0.929. The van der Waals surface area contributed by atoms with Crippen molar-refractivity contribution in [3.63, 3.8) is 0 Å². The summed E-state index contributed by atoms with van der Waals surface area (Å²) in [6, 6.07) is -0.846. The number of nitrogens with two attached hydrogens (primary N) is 1. The highest BCUT2D eigenvalue weighted by molar-refractivity contribution is 8.01. The van der Waals surface area contributed by atoms with Gasteiger partial charge in [-0.3, -0.25) is 4.79 Å². The number of carboxylic acids is 1. The predicted octanol–water partition coefficient (Wildman–Crippen LogP) is 1.64. The molecule has 0 radical (unpaired) electrons. The second kappa shape index (κ2) is 6.22. The number of aliphatic carboxylic acids is 1. The maximum atomic E-state index is 11.1. The van der Waals surface area contributed by atoms with E-state index in [1.54, 1.807) is 11.8 Å². The van der Waals surface area contributed by atoms with Gasteiger partial charge in [0.1, 0.15) is 6.04 Å². The van der Waals surface area contributed by atoms with Crippen LogP contribution in [0.5, 0.6) is 0 Å². The molecule has 1 spiro atoms. The van der Waals surface area contributed by atoms with E-state index in [1.807, 2.05) is 13.8 Å². The lowest BCUT2D eigenvalue weighted by atomic mass is 9.86. The quantitative estimate of drug-likeness (QED) is 0.821. The van der Waals surface area contributed by atoms with Crippen LogP contribution in [-0.4, -0.2) is 52.5 Å². The van der Waals surface area contributed by atoms with Gasteiger partial charge in [-0.15, -0.1) is 11.8 Å². The normalized spacial score (nSPS) is 28.2. The van der Waals surface area contributed by atoms with Crippen molar-refractivity contribution in [2.75, 3.05) is 19.8 Å². The van der Waals surface area contributed by atoms with Crippen molar-refractivity contribution in [3.8, 4) is 0 Å². The molecule has 2 aliphatic heterocycles. The monoisotopic (exact) mass is 303 g/mol. The fourth-order valence-electron chi connectivity index (χ4n) is 2.98. The minimum Gasteiger partial charge on any atom is -0.480 e. The second-order valence-corrected chi connectivity index (χ2v) is 8.25. The fourth-order valence-corrected chi connectivity index (χ4v) is 4.68. The van der Waals surface area contributed by atoms with Gasteiger partial charge in [0.15, 0.2) is 0 Å². The zero-order valence-electron chi connectivity index (χ0n) is 12.3. The summed E-state index contributed by atoms with van der Waals surface area (Å²) in [5, 5.41) is 9.51. The molecule has 1 unspecified atom stereocenters. The van der Waals surface area contributed by atoms with E-state index in [-0.39, 0.29) is 5.60 Å². The Morgan fingerprint density at radius 2 is 2.05 bits per heavy atom. The Kier molecular flexibility index (Phi) is 5.00. The van der Waals surface area contributed by atoms with E-state index in [2.05, 4.69) is 0 Å². The summed E-state index contributed by atoms with van der Waals surface area (Å²) in [5.74, 6) is -0.935. The molecule has 0 saturated carbocycles. The SMILES string of the molecule is CC(C)(SC1CCOC2(CCOCC2)C1)[C@@H](N)C(=O)O. The highest BCUT2D eigenvalue weighted by atomic mass is 32.2. The average Bonchev–Trinajstić information content (AvgIpc) is 2.38. The van der Waals surface area contributed by atoms with Gasteiger partial charge in [-0.05, 0) is 39.5 Å². The topological polar surface area (TPSA) is 81.8 Å². The van der Waals surface area contributed by atoms with Crippen molar-refractivity contribution >= 4 is 17.7 Å². The molecule has 2 fully saturated rings. The van der Waals surface area contributed by atoms with Gasteiger partial charge >= 0.3 is 5.97 Å². The number of rotatable bonds is 4.